The summed E-state index contributed by atoms with van der Waals surface area (Å²) in [5.74, 6) is 0.721. The Morgan fingerprint density at radius 2 is 2.10 bits per heavy atom. The van der Waals surface area contributed by atoms with Gasteiger partial charge in [0, 0.05) is 35.8 Å². The first-order chi connectivity index (χ1) is 9.67. The Morgan fingerprint density at radius 3 is 2.80 bits per heavy atom. The van der Waals surface area contributed by atoms with E-state index < -0.39 is 0 Å². The molecule has 2 N–H and O–H groups in total. The van der Waals surface area contributed by atoms with Gasteiger partial charge in [0.15, 0.2) is 0 Å². The molecule has 2 heterocycles. The topological polar surface area (TPSA) is 32.5 Å². The highest BCUT2D eigenvalue weighted by molar-refractivity contribution is 9.10. The molecule has 0 bridgehead atoms. The zero-order valence-corrected chi connectivity index (χ0v) is 13.8. The van der Waals surface area contributed by atoms with Gasteiger partial charge in [-0.3, -0.25) is 4.90 Å². The zero-order chi connectivity index (χ0) is 14.1. The van der Waals surface area contributed by atoms with Gasteiger partial charge in [-0.15, -0.1) is 0 Å². The summed E-state index contributed by atoms with van der Waals surface area (Å²) in [6, 6.07) is 7.32. The summed E-state index contributed by atoms with van der Waals surface area (Å²) in [5, 5.41) is 0. The first-order valence-corrected chi connectivity index (χ1v) is 8.42. The van der Waals surface area contributed by atoms with Gasteiger partial charge in [-0.05, 0) is 62.5 Å². The third kappa shape index (κ3) is 2.87. The van der Waals surface area contributed by atoms with Crippen molar-refractivity contribution in [2.24, 2.45) is 11.7 Å². The van der Waals surface area contributed by atoms with Crippen molar-refractivity contribution in [1.82, 2.24) is 4.90 Å². The molecule has 2 aliphatic heterocycles. The molecule has 0 radical (unpaired) electrons. The zero-order valence-electron chi connectivity index (χ0n) is 12.2. The van der Waals surface area contributed by atoms with Gasteiger partial charge >= 0.3 is 0 Å². The summed E-state index contributed by atoms with van der Waals surface area (Å²) in [6.07, 6.45) is 2.57. The van der Waals surface area contributed by atoms with E-state index in [0.29, 0.717) is 0 Å². The van der Waals surface area contributed by atoms with Crippen LogP contribution >= 0.6 is 15.9 Å². The Morgan fingerprint density at radius 1 is 1.25 bits per heavy atom. The van der Waals surface area contributed by atoms with Gasteiger partial charge in [-0.2, -0.15) is 0 Å². The lowest BCUT2D eigenvalue weighted by molar-refractivity contribution is 0.251. The van der Waals surface area contributed by atoms with Crippen molar-refractivity contribution in [2.45, 2.75) is 25.8 Å². The standard InChI is InChI=1S/C16H24BrN3/c1-12-8-14(17)2-3-16(12)20-7-5-15(11-20)19-6-4-13(9-18)10-19/h2-3,8,13,15H,4-7,9-11,18H2,1H3. The van der Waals surface area contributed by atoms with Crippen LogP contribution < -0.4 is 10.6 Å². The molecule has 0 aliphatic carbocycles. The smallest absolute Gasteiger partial charge is 0.0397 e. The normalized spacial score (nSPS) is 27.4. The number of benzene rings is 1. The van der Waals surface area contributed by atoms with E-state index in [0.717, 1.165) is 18.5 Å². The van der Waals surface area contributed by atoms with Crippen molar-refractivity contribution in [1.29, 1.82) is 0 Å². The summed E-state index contributed by atoms with van der Waals surface area (Å²) in [7, 11) is 0. The van der Waals surface area contributed by atoms with Crippen LogP contribution in [0.4, 0.5) is 5.69 Å². The second kappa shape index (κ2) is 6.04. The summed E-state index contributed by atoms with van der Waals surface area (Å²) in [4.78, 5) is 5.20. The molecular formula is C16H24BrN3. The van der Waals surface area contributed by atoms with Crippen LogP contribution in [0.2, 0.25) is 0 Å². The van der Waals surface area contributed by atoms with Crippen LogP contribution in [-0.2, 0) is 0 Å². The summed E-state index contributed by atoms with van der Waals surface area (Å²) >= 11 is 3.55. The second-order valence-corrected chi connectivity index (χ2v) is 7.12. The minimum Gasteiger partial charge on any atom is -0.370 e. The Balaban J connectivity index is 1.65. The molecular weight excluding hydrogens is 314 g/mol. The summed E-state index contributed by atoms with van der Waals surface area (Å²) < 4.78 is 1.17. The molecule has 3 nitrogen and oxygen atoms in total. The first-order valence-electron chi connectivity index (χ1n) is 7.62. The Hall–Kier alpha value is -0.580. The highest BCUT2D eigenvalue weighted by atomic mass is 79.9. The average molecular weight is 338 g/mol. The van der Waals surface area contributed by atoms with E-state index in [1.54, 1.807) is 0 Å². The van der Waals surface area contributed by atoms with Crippen molar-refractivity contribution in [3.8, 4) is 0 Å². The second-order valence-electron chi connectivity index (χ2n) is 6.20. The van der Waals surface area contributed by atoms with Gasteiger partial charge in [0.25, 0.3) is 0 Å². The Labute approximate surface area is 130 Å². The number of likely N-dealkylation sites (tertiary alicyclic amines) is 1. The lowest BCUT2D eigenvalue weighted by atomic mass is 10.1. The molecule has 2 aliphatic rings. The van der Waals surface area contributed by atoms with E-state index in [1.165, 1.54) is 54.7 Å². The molecule has 1 aromatic rings. The van der Waals surface area contributed by atoms with Gasteiger partial charge in [-0.25, -0.2) is 0 Å². The molecule has 2 unspecified atom stereocenters. The number of anilines is 1. The van der Waals surface area contributed by atoms with Gasteiger partial charge in [0.05, 0.1) is 0 Å². The monoisotopic (exact) mass is 337 g/mol. The highest BCUT2D eigenvalue weighted by Gasteiger charge is 2.32. The lowest BCUT2D eigenvalue weighted by Crippen LogP contribution is -2.36. The lowest BCUT2D eigenvalue weighted by Gasteiger charge is -2.26. The molecule has 20 heavy (non-hydrogen) atoms. The minimum atomic E-state index is 0.717. The fourth-order valence-electron chi connectivity index (χ4n) is 3.62. The summed E-state index contributed by atoms with van der Waals surface area (Å²) in [6.45, 7) is 7.83. The third-order valence-electron chi connectivity index (χ3n) is 4.83. The van der Waals surface area contributed by atoms with Crippen LogP contribution in [0.5, 0.6) is 0 Å². The van der Waals surface area contributed by atoms with E-state index in [4.69, 9.17) is 5.73 Å². The van der Waals surface area contributed by atoms with Crippen LogP contribution in [0.15, 0.2) is 22.7 Å². The van der Waals surface area contributed by atoms with Crippen molar-refractivity contribution in [3.05, 3.63) is 28.2 Å². The molecule has 0 saturated carbocycles. The molecule has 110 valence electrons. The maximum absolute atomic E-state index is 5.81. The molecule has 2 fully saturated rings. The van der Waals surface area contributed by atoms with Crippen molar-refractivity contribution in [2.75, 3.05) is 37.6 Å². The molecule has 0 aromatic heterocycles. The number of nitrogens with two attached hydrogens (primary N) is 1. The SMILES string of the molecule is Cc1cc(Br)ccc1N1CCC(N2CCC(CN)C2)C1. The Kier molecular flexibility index (Phi) is 4.34. The molecule has 2 saturated heterocycles. The van der Waals surface area contributed by atoms with Crippen molar-refractivity contribution >= 4 is 21.6 Å². The van der Waals surface area contributed by atoms with Crippen molar-refractivity contribution < 1.29 is 0 Å². The van der Waals surface area contributed by atoms with E-state index >= 15 is 0 Å². The number of hydrogen-bond donors (Lipinski definition) is 1. The predicted octanol–water partition coefficient (Wildman–Crippen LogP) is 2.62. The quantitative estimate of drug-likeness (QED) is 0.920. The maximum Gasteiger partial charge on any atom is 0.0397 e. The van der Waals surface area contributed by atoms with Gasteiger partial charge in [0.2, 0.25) is 0 Å². The first kappa shape index (κ1) is 14.4. The average Bonchev–Trinajstić information content (AvgIpc) is 3.07. The summed E-state index contributed by atoms with van der Waals surface area (Å²) in [5.41, 5.74) is 8.56. The predicted molar refractivity (Wildman–Crippen MR) is 88.2 cm³/mol. The Bertz CT molecular complexity index is 477. The van der Waals surface area contributed by atoms with Gasteiger partial charge in [0.1, 0.15) is 0 Å². The van der Waals surface area contributed by atoms with Crippen LogP contribution in [0.1, 0.15) is 18.4 Å². The number of nitrogens with zero attached hydrogens (tertiary/aromatic N) is 2. The minimum absolute atomic E-state index is 0.717. The fraction of sp³-hybridized carbons (Fsp3) is 0.625. The van der Waals surface area contributed by atoms with E-state index in [9.17, 15) is 0 Å². The van der Waals surface area contributed by atoms with E-state index in [2.05, 4.69) is 50.9 Å². The number of aryl methyl sites for hydroxylation is 1. The molecule has 2 atom stereocenters. The number of rotatable bonds is 3. The maximum atomic E-state index is 5.81. The largest absolute Gasteiger partial charge is 0.370 e. The molecule has 1 aromatic carbocycles. The number of hydrogen-bond acceptors (Lipinski definition) is 3. The van der Waals surface area contributed by atoms with Crippen LogP contribution in [0.3, 0.4) is 0 Å². The van der Waals surface area contributed by atoms with E-state index in [1.807, 2.05) is 0 Å². The van der Waals surface area contributed by atoms with Gasteiger partial charge < -0.3 is 10.6 Å². The molecule has 3 rings (SSSR count). The van der Waals surface area contributed by atoms with Crippen molar-refractivity contribution in [3.63, 3.8) is 0 Å². The van der Waals surface area contributed by atoms with Crippen LogP contribution in [0, 0.1) is 12.8 Å². The molecule has 0 amide bonds. The highest BCUT2D eigenvalue weighted by Crippen LogP contribution is 2.30. The fourth-order valence-corrected chi connectivity index (χ4v) is 4.09. The van der Waals surface area contributed by atoms with E-state index in [-0.39, 0.29) is 0 Å². The van der Waals surface area contributed by atoms with Crippen LogP contribution in [0.25, 0.3) is 0 Å². The number of halogens is 1. The molecule has 4 heteroatoms. The third-order valence-corrected chi connectivity index (χ3v) is 5.32. The van der Waals surface area contributed by atoms with Gasteiger partial charge in [-0.1, -0.05) is 15.9 Å². The van der Waals surface area contributed by atoms with Crippen LogP contribution in [-0.4, -0.2) is 43.7 Å². The molecule has 0 spiro atoms.